The molecule has 378 valence electrons. The highest BCUT2D eigenvalue weighted by molar-refractivity contribution is 5.71. The van der Waals surface area contributed by atoms with Gasteiger partial charge in [-0.1, -0.05) is 211 Å². The Labute approximate surface area is 416 Å². The Bertz CT molecular complexity index is 1590. The Balaban J connectivity index is 4.64. The molecule has 0 fully saturated rings. The molecule has 0 saturated heterocycles. The number of esters is 3. The maximum absolute atomic E-state index is 12.8. The standard InChI is InChI=1S/C62H94O6/c1-4-7-10-13-16-19-22-25-28-30-31-33-34-37-40-43-46-49-52-55-61(64)67-58-59(57-66-60(63)54-51-48-45-42-39-36-27-24-21-18-15-12-9-6-3)68-62(65)56-53-50-47-44-41-38-35-32-29-26-23-20-17-14-11-8-5-2/h7-12,16-21,25-26,28-29,31,33,35,37-38,40,44,46-47,49,59H,4-6,13-15,22-24,27,30,32,34,36,39,41-43,45,48,50-58H2,1-3H3/b10-7-,11-8-,12-9-,19-16-,20-17-,21-18-,28-25-,29-26-,33-31-,38-35-,40-37-,47-44-,49-46-. The predicted octanol–water partition coefficient (Wildman–Crippen LogP) is 17.8. The smallest absolute Gasteiger partial charge is 0.306 e. The van der Waals surface area contributed by atoms with E-state index in [1.54, 1.807) is 0 Å². The molecule has 6 nitrogen and oxygen atoms in total. The van der Waals surface area contributed by atoms with Crippen LogP contribution in [0.2, 0.25) is 0 Å². The van der Waals surface area contributed by atoms with Crippen molar-refractivity contribution in [1.29, 1.82) is 0 Å². The van der Waals surface area contributed by atoms with E-state index in [1.807, 2.05) is 12.2 Å². The summed E-state index contributed by atoms with van der Waals surface area (Å²) >= 11 is 0. The summed E-state index contributed by atoms with van der Waals surface area (Å²) in [6.07, 6.45) is 79.6. The number of hydrogen-bond acceptors (Lipinski definition) is 6. The zero-order chi connectivity index (χ0) is 49.3. The zero-order valence-corrected chi connectivity index (χ0v) is 43.0. The molecule has 0 aromatic rings. The van der Waals surface area contributed by atoms with Crippen molar-refractivity contribution in [1.82, 2.24) is 0 Å². The van der Waals surface area contributed by atoms with Crippen molar-refractivity contribution in [3.63, 3.8) is 0 Å². The lowest BCUT2D eigenvalue weighted by Gasteiger charge is -2.18. The van der Waals surface area contributed by atoms with Crippen molar-refractivity contribution in [3.8, 4) is 0 Å². The number of carbonyl (C=O) groups excluding carboxylic acids is 3. The molecular weight excluding hydrogens is 841 g/mol. The fraction of sp³-hybridized carbons (Fsp3) is 0.532. The average Bonchev–Trinajstić information content (AvgIpc) is 3.34. The molecule has 0 rings (SSSR count). The van der Waals surface area contributed by atoms with Gasteiger partial charge in [0.1, 0.15) is 13.2 Å². The summed E-state index contributed by atoms with van der Waals surface area (Å²) in [5.41, 5.74) is 0. The first-order valence-corrected chi connectivity index (χ1v) is 26.5. The van der Waals surface area contributed by atoms with Crippen molar-refractivity contribution < 1.29 is 28.6 Å². The summed E-state index contributed by atoms with van der Waals surface area (Å²) in [5, 5.41) is 0. The summed E-state index contributed by atoms with van der Waals surface area (Å²) in [6, 6.07) is 0. The van der Waals surface area contributed by atoms with E-state index >= 15 is 0 Å². The average molecular weight is 935 g/mol. The van der Waals surface area contributed by atoms with Gasteiger partial charge in [-0.15, -0.1) is 0 Å². The number of unbranched alkanes of at least 4 members (excludes halogenated alkanes) is 8. The maximum Gasteiger partial charge on any atom is 0.306 e. The Kier molecular flexibility index (Phi) is 50.6. The van der Waals surface area contributed by atoms with E-state index in [2.05, 4.69) is 167 Å². The van der Waals surface area contributed by atoms with Crippen LogP contribution in [0.4, 0.5) is 0 Å². The fourth-order valence-corrected chi connectivity index (χ4v) is 6.42. The minimum Gasteiger partial charge on any atom is -0.462 e. The Hall–Kier alpha value is -4.97. The molecule has 0 amide bonds. The molecule has 0 aromatic heterocycles. The Morgan fingerprint density at radius 3 is 0.956 bits per heavy atom. The molecule has 1 unspecified atom stereocenters. The van der Waals surface area contributed by atoms with Crippen LogP contribution in [0.15, 0.2) is 158 Å². The quantitative estimate of drug-likeness (QED) is 0.0262. The first-order chi connectivity index (χ1) is 33.5. The number of carbonyl (C=O) groups is 3. The van der Waals surface area contributed by atoms with Crippen LogP contribution in [0.5, 0.6) is 0 Å². The monoisotopic (exact) mass is 935 g/mol. The molecule has 6 heteroatoms. The van der Waals surface area contributed by atoms with Crippen molar-refractivity contribution in [2.75, 3.05) is 13.2 Å². The number of hydrogen-bond donors (Lipinski definition) is 0. The van der Waals surface area contributed by atoms with Gasteiger partial charge in [-0.25, -0.2) is 0 Å². The van der Waals surface area contributed by atoms with Crippen LogP contribution in [0, 0.1) is 0 Å². The Morgan fingerprint density at radius 1 is 0.294 bits per heavy atom. The molecular formula is C62H94O6. The number of ether oxygens (including phenoxy) is 3. The molecule has 0 radical (unpaired) electrons. The van der Waals surface area contributed by atoms with Gasteiger partial charge >= 0.3 is 17.9 Å². The van der Waals surface area contributed by atoms with Gasteiger partial charge in [-0.05, 0) is 122 Å². The number of rotatable bonds is 45. The lowest BCUT2D eigenvalue weighted by molar-refractivity contribution is -0.166. The van der Waals surface area contributed by atoms with E-state index in [1.165, 1.54) is 25.7 Å². The lowest BCUT2D eigenvalue weighted by atomic mass is 10.1. The molecule has 0 aliphatic carbocycles. The van der Waals surface area contributed by atoms with Gasteiger partial charge < -0.3 is 14.2 Å². The second kappa shape index (κ2) is 54.6. The molecule has 0 saturated carbocycles. The lowest BCUT2D eigenvalue weighted by Crippen LogP contribution is -2.30. The summed E-state index contributed by atoms with van der Waals surface area (Å²) in [7, 11) is 0. The summed E-state index contributed by atoms with van der Waals surface area (Å²) in [6.45, 7) is 6.16. The third kappa shape index (κ3) is 52.0. The van der Waals surface area contributed by atoms with Crippen molar-refractivity contribution in [3.05, 3.63) is 158 Å². The van der Waals surface area contributed by atoms with E-state index in [0.29, 0.717) is 19.3 Å². The number of allylic oxidation sites excluding steroid dienone is 26. The summed E-state index contributed by atoms with van der Waals surface area (Å²) in [4.78, 5) is 38.0. The van der Waals surface area contributed by atoms with Gasteiger partial charge in [0, 0.05) is 19.3 Å². The van der Waals surface area contributed by atoms with E-state index in [4.69, 9.17) is 14.2 Å². The normalized spacial score (nSPS) is 13.4. The van der Waals surface area contributed by atoms with Crippen LogP contribution < -0.4 is 0 Å². The van der Waals surface area contributed by atoms with Gasteiger partial charge in [-0.3, -0.25) is 14.4 Å². The highest BCUT2D eigenvalue weighted by atomic mass is 16.6. The van der Waals surface area contributed by atoms with Gasteiger partial charge in [0.25, 0.3) is 0 Å². The molecule has 68 heavy (non-hydrogen) atoms. The molecule has 0 aliphatic rings. The van der Waals surface area contributed by atoms with E-state index in [-0.39, 0.29) is 38.0 Å². The largest absolute Gasteiger partial charge is 0.462 e. The van der Waals surface area contributed by atoms with Gasteiger partial charge in [0.2, 0.25) is 0 Å². The van der Waals surface area contributed by atoms with Gasteiger partial charge in [0.05, 0.1) is 0 Å². The van der Waals surface area contributed by atoms with E-state index in [0.717, 1.165) is 116 Å². The van der Waals surface area contributed by atoms with Crippen molar-refractivity contribution in [2.45, 2.75) is 200 Å². The third-order valence-electron chi connectivity index (χ3n) is 10.3. The molecule has 0 aliphatic heterocycles. The van der Waals surface area contributed by atoms with E-state index < -0.39 is 12.1 Å². The van der Waals surface area contributed by atoms with Crippen LogP contribution in [0.25, 0.3) is 0 Å². The van der Waals surface area contributed by atoms with Crippen LogP contribution in [0.3, 0.4) is 0 Å². The SMILES string of the molecule is CC/C=C\C/C=C\C/C=C\C/C=C\C/C=C\C/C=C\CCC(=O)OCC(COC(=O)CCCCCCCCC/C=C\C/C=C\CC)OC(=O)CCC/C=C\C/C=C\C/C=C\C/C=C\C/C=C\CC. The molecule has 0 aromatic carbocycles. The van der Waals surface area contributed by atoms with Crippen LogP contribution in [-0.2, 0) is 28.6 Å². The highest BCUT2D eigenvalue weighted by Gasteiger charge is 2.19. The maximum atomic E-state index is 12.8. The molecule has 0 bridgehead atoms. The molecule has 0 N–H and O–H groups in total. The second-order valence-corrected chi connectivity index (χ2v) is 16.6. The van der Waals surface area contributed by atoms with Crippen molar-refractivity contribution >= 4 is 17.9 Å². The molecule has 1 atom stereocenters. The van der Waals surface area contributed by atoms with Crippen LogP contribution in [0.1, 0.15) is 194 Å². The topological polar surface area (TPSA) is 78.9 Å². The van der Waals surface area contributed by atoms with Crippen LogP contribution >= 0.6 is 0 Å². The first-order valence-electron chi connectivity index (χ1n) is 26.5. The summed E-state index contributed by atoms with van der Waals surface area (Å²) < 4.78 is 16.7. The highest BCUT2D eigenvalue weighted by Crippen LogP contribution is 2.12. The molecule has 0 spiro atoms. The van der Waals surface area contributed by atoms with Gasteiger partial charge in [0.15, 0.2) is 6.10 Å². The zero-order valence-electron chi connectivity index (χ0n) is 43.0. The van der Waals surface area contributed by atoms with Crippen molar-refractivity contribution in [2.24, 2.45) is 0 Å². The van der Waals surface area contributed by atoms with Crippen LogP contribution in [-0.4, -0.2) is 37.2 Å². The first kappa shape index (κ1) is 63.0. The minimum absolute atomic E-state index is 0.136. The Morgan fingerprint density at radius 2 is 0.574 bits per heavy atom. The van der Waals surface area contributed by atoms with Gasteiger partial charge in [-0.2, -0.15) is 0 Å². The fourth-order valence-electron chi connectivity index (χ4n) is 6.42. The summed E-state index contributed by atoms with van der Waals surface area (Å²) in [5.74, 6) is -1.10. The minimum atomic E-state index is -0.849. The second-order valence-electron chi connectivity index (χ2n) is 16.6. The van der Waals surface area contributed by atoms with E-state index in [9.17, 15) is 14.4 Å². The predicted molar refractivity (Wildman–Crippen MR) is 292 cm³/mol. The third-order valence-corrected chi connectivity index (χ3v) is 10.3. The molecule has 0 heterocycles.